The van der Waals surface area contributed by atoms with E-state index in [2.05, 4.69) is 15.2 Å². The lowest BCUT2D eigenvalue weighted by molar-refractivity contribution is -0.384. The molecule has 1 atom stereocenters. The molecule has 0 bridgehead atoms. The molecule has 2 rings (SSSR count). The Morgan fingerprint density at radius 1 is 1.54 bits per heavy atom. The summed E-state index contributed by atoms with van der Waals surface area (Å²) < 4.78 is 5.03. The third kappa shape index (κ3) is 4.87. The molecule has 9 nitrogen and oxygen atoms in total. The van der Waals surface area contributed by atoms with Crippen LogP contribution in [0.5, 0.6) is 0 Å². The highest BCUT2D eigenvalue weighted by molar-refractivity contribution is 5.80. The number of likely N-dealkylation sites (tertiary alicyclic amines) is 1. The summed E-state index contributed by atoms with van der Waals surface area (Å²) in [5.74, 6) is 0.255. The van der Waals surface area contributed by atoms with Crippen LogP contribution in [-0.4, -0.2) is 78.6 Å². The lowest BCUT2D eigenvalue weighted by Gasteiger charge is -2.22. The second-order valence-corrected chi connectivity index (χ2v) is 5.81. The minimum atomic E-state index is -0.478. The predicted octanol–water partition coefficient (Wildman–Crippen LogP) is 0.581. The monoisotopic (exact) mass is 337 g/mol. The Morgan fingerprint density at radius 3 is 3.04 bits per heavy atom. The number of nitrogens with zero attached hydrogens (tertiary/aromatic N) is 4. The molecule has 1 N–H and O–H groups in total. The van der Waals surface area contributed by atoms with Gasteiger partial charge in [0.25, 0.3) is 0 Å². The van der Waals surface area contributed by atoms with Crippen LogP contribution in [0.2, 0.25) is 0 Å². The highest BCUT2D eigenvalue weighted by Crippen LogP contribution is 2.23. The van der Waals surface area contributed by atoms with Gasteiger partial charge in [-0.25, -0.2) is 4.98 Å². The van der Waals surface area contributed by atoms with Crippen LogP contribution in [-0.2, 0) is 9.53 Å². The molecule has 2 heterocycles. The number of ether oxygens (including phenoxy) is 1. The Labute approximate surface area is 140 Å². The molecule has 24 heavy (non-hydrogen) atoms. The van der Waals surface area contributed by atoms with Crippen molar-refractivity contribution < 1.29 is 14.5 Å². The second-order valence-electron chi connectivity index (χ2n) is 5.81. The number of pyridine rings is 1. The van der Waals surface area contributed by atoms with Crippen LogP contribution in [0, 0.1) is 10.1 Å². The fraction of sp³-hybridized carbons (Fsp3) is 0.600. The summed E-state index contributed by atoms with van der Waals surface area (Å²) >= 11 is 0. The number of hydrogen-bond donors (Lipinski definition) is 1. The lowest BCUT2D eigenvalue weighted by Crippen LogP contribution is -2.36. The average molecular weight is 337 g/mol. The zero-order valence-electron chi connectivity index (χ0n) is 14.0. The van der Waals surface area contributed by atoms with Crippen molar-refractivity contribution in [1.29, 1.82) is 0 Å². The molecule has 132 valence electrons. The van der Waals surface area contributed by atoms with E-state index in [0.717, 1.165) is 13.1 Å². The first-order chi connectivity index (χ1) is 11.5. The Kier molecular flexibility index (Phi) is 6.44. The highest BCUT2D eigenvalue weighted by atomic mass is 16.6. The zero-order valence-corrected chi connectivity index (χ0v) is 14.0. The van der Waals surface area contributed by atoms with Gasteiger partial charge in [-0.3, -0.25) is 14.9 Å². The maximum Gasteiger partial charge on any atom is 0.311 e. The molecule has 0 aliphatic carbocycles. The van der Waals surface area contributed by atoms with Gasteiger partial charge in [-0.05, 0) is 13.1 Å². The first-order valence-corrected chi connectivity index (χ1v) is 7.82. The van der Waals surface area contributed by atoms with Gasteiger partial charge in [0.05, 0.1) is 17.6 Å². The second kappa shape index (κ2) is 8.55. The summed E-state index contributed by atoms with van der Waals surface area (Å²) in [6.07, 6.45) is 1.81. The van der Waals surface area contributed by atoms with Crippen LogP contribution in [0.1, 0.15) is 6.42 Å². The Balaban J connectivity index is 1.87. The molecular weight excluding hydrogens is 314 g/mol. The summed E-state index contributed by atoms with van der Waals surface area (Å²) in [4.78, 5) is 30.5. The third-order valence-corrected chi connectivity index (χ3v) is 3.97. The van der Waals surface area contributed by atoms with E-state index in [1.807, 2.05) is 7.05 Å². The topological polar surface area (TPSA) is 101 Å². The van der Waals surface area contributed by atoms with Gasteiger partial charge in [-0.2, -0.15) is 0 Å². The van der Waals surface area contributed by atoms with Crippen LogP contribution >= 0.6 is 0 Å². The van der Waals surface area contributed by atoms with E-state index in [1.54, 1.807) is 12.0 Å². The molecule has 1 aliphatic rings. The standard InChI is InChI=1S/C15H23N5O4/c1-18(8-9-24-2)6-7-19-11-12(10-14(19)21)17-15-13(20(22)23)4-3-5-16-15/h3-5,12H,6-11H2,1-2H3,(H,16,17). The molecule has 0 saturated carbocycles. The molecule has 1 amide bonds. The zero-order chi connectivity index (χ0) is 17.5. The molecule has 1 aromatic heterocycles. The molecule has 0 spiro atoms. The van der Waals surface area contributed by atoms with Crippen LogP contribution in [0.25, 0.3) is 0 Å². The molecule has 1 unspecified atom stereocenters. The van der Waals surface area contributed by atoms with Crippen LogP contribution in [0.3, 0.4) is 0 Å². The van der Waals surface area contributed by atoms with Gasteiger partial charge in [-0.1, -0.05) is 0 Å². The fourth-order valence-electron chi connectivity index (χ4n) is 2.58. The molecule has 1 aliphatic heterocycles. The molecule has 0 aromatic carbocycles. The summed E-state index contributed by atoms with van der Waals surface area (Å²) in [5, 5.41) is 14.0. The van der Waals surface area contributed by atoms with Gasteiger partial charge in [0.2, 0.25) is 11.7 Å². The Morgan fingerprint density at radius 2 is 2.33 bits per heavy atom. The largest absolute Gasteiger partial charge is 0.383 e. The van der Waals surface area contributed by atoms with E-state index in [0.29, 0.717) is 26.1 Å². The van der Waals surface area contributed by atoms with E-state index >= 15 is 0 Å². The van der Waals surface area contributed by atoms with Gasteiger partial charge in [0, 0.05) is 52.0 Å². The van der Waals surface area contributed by atoms with E-state index in [-0.39, 0.29) is 23.5 Å². The maximum absolute atomic E-state index is 12.1. The number of likely N-dealkylation sites (N-methyl/N-ethyl adjacent to an activating group) is 1. The minimum absolute atomic E-state index is 0.0474. The molecule has 1 aromatic rings. The first-order valence-electron chi connectivity index (χ1n) is 7.82. The number of aromatic nitrogens is 1. The number of amides is 1. The lowest BCUT2D eigenvalue weighted by atomic mass is 10.2. The predicted molar refractivity (Wildman–Crippen MR) is 88.9 cm³/mol. The van der Waals surface area contributed by atoms with E-state index < -0.39 is 4.92 Å². The molecule has 0 radical (unpaired) electrons. The van der Waals surface area contributed by atoms with Crippen LogP contribution in [0.4, 0.5) is 11.5 Å². The molecule has 1 fully saturated rings. The number of hydrogen-bond acceptors (Lipinski definition) is 7. The van der Waals surface area contributed by atoms with Gasteiger partial charge >= 0.3 is 5.69 Å². The van der Waals surface area contributed by atoms with E-state index in [9.17, 15) is 14.9 Å². The summed E-state index contributed by atoms with van der Waals surface area (Å²) in [7, 11) is 3.64. The summed E-state index contributed by atoms with van der Waals surface area (Å²) in [6, 6.07) is 2.75. The number of nitrogens with one attached hydrogen (secondary N) is 1. The van der Waals surface area contributed by atoms with Crippen molar-refractivity contribution in [3.8, 4) is 0 Å². The number of carbonyl (C=O) groups is 1. The Bertz CT molecular complexity index is 583. The van der Waals surface area contributed by atoms with E-state index in [4.69, 9.17) is 4.74 Å². The smallest absolute Gasteiger partial charge is 0.311 e. The van der Waals surface area contributed by atoms with Crippen molar-refractivity contribution in [2.45, 2.75) is 12.5 Å². The maximum atomic E-state index is 12.1. The summed E-state index contributed by atoms with van der Waals surface area (Å²) in [5.41, 5.74) is -0.0808. The minimum Gasteiger partial charge on any atom is -0.383 e. The summed E-state index contributed by atoms with van der Waals surface area (Å²) in [6.45, 7) is 3.36. The van der Waals surface area contributed by atoms with Gasteiger partial charge < -0.3 is 19.9 Å². The third-order valence-electron chi connectivity index (χ3n) is 3.97. The first kappa shape index (κ1) is 18.1. The highest BCUT2D eigenvalue weighted by Gasteiger charge is 2.31. The van der Waals surface area contributed by atoms with E-state index in [1.165, 1.54) is 18.3 Å². The van der Waals surface area contributed by atoms with Crippen molar-refractivity contribution in [2.24, 2.45) is 0 Å². The van der Waals surface area contributed by atoms with Gasteiger partial charge in [0.15, 0.2) is 0 Å². The molecular formula is C15H23N5O4. The average Bonchev–Trinajstić information content (AvgIpc) is 2.90. The fourth-order valence-corrected chi connectivity index (χ4v) is 2.58. The van der Waals surface area contributed by atoms with Crippen molar-refractivity contribution in [1.82, 2.24) is 14.8 Å². The van der Waals surface area contributed by atoms with Crippen molar-refractivity contribution in [3.05, 3.63) is 28.4 Å². The van der Waals surface area contributed by atoms with Crippen molar-refractivity contribution >= 4 is 17.4 Å². The quantitative estimate of drug-likeness (QED) is 0.519. The van der Waals surface area contributed by atoms with Crippen molar-refractivity contribution in [2.75, 3.05) is 52.3 Å². The molecule has 9 heteroatoms. The number of methoxy groups -OCH3 is 1. The normalized spacial score (nSPS) is 17.5. The Hall–Kier alpha value is -2.26. The number of nitro groups is 1. The number of anilines is 1. The van der Waals surface area contributed by atoms with Gasteiger partial charge in [0.1, 0.15) is 0 Å². The van der Waals surface area contributed by atoms with Crippen LogP contribution < -0.4 is 5.32 Å². The van der Waals surface area contributed by atoms with Crippen molar-refractivity contribution in [3.63, 3.8) is 0 Å². The SMILES string of the molecule is COCCN(C)CCN1CC(Nc2ncccc2[N+](=O)[O-])CC1=O. The molecule has 1 saturated heterocycles. The number of carbonyl (C=O) groups excluding carboxylic acids is 1. The van der Waals surface area contributed by atoms with Crippen LogP contribution in [0.15, 0.2) is 18.3 Å². The number of rotatable bonds is 9. The van der Waals surface area contributed by atoms with Gasteiger partial charge in [-0.15, -0.1) is 0 Å².